The minimum atomic E-state index is -3.27. The van der Waals surface area contributed by atoms with Crippen molar-refractivity contribution in [3.05, 3.63) is 28.2 Å². The van der Waals surface area contributed by atoms with Crippen molar-refractivity contribution in [2.24, 2.45) is 0 Å². The molecule has 1 aromatic carbocycles. The van der Waals surface area contributed by atoms with Gasteiger partial charge < -0.3 is 0 Å². The molecule has 0 aromatic heterocycles. The minimum absolute atomic E-state index is 0.0110. The van der Waals surface area contributed by atoms with Gasteiger partial charge >= 0.3 is 0 Å². The summed E-state index contributed by atoms with van der Waals surface area (Å²) in [5, 5.41) is 0.789. The fourth-order valence-electron chi connectivity index (χ4n) is 0.864. The van der Waals surface area contributed by atoms with Gasteiger partial charge in [-0.3, -0.25) is 4.72 Å². The lowest BCUT2D eigenvalue weighted by Crippen LogP contribution is -2.14. The topological polar surface area (TPSA) is 46.2 Å². The molecule has 0 spiro atoms. The van der Waals surface area contributed by atoms with Crippen molar-refractivity contribution < 1.29 is 8.42 Å². The largest absolute Gasteiger partial charge is 0.283 e. The predicted octanol–water partition coefficient (Wildman–Crippen LogP) is 2.76. The second-order valence-corrected chi connectivity index (χ2v) is 5.55. The number of halogens is 2. The Morgan fingerprint density at radius 1 is 1.21 bits per heavy atom. The monoisotopic (exact) mass is 253 g/mol. The summed E-state index contributed by atoms with van der Waals surface area (Å²) in [7, 11) is -3.27. The van der Waals surface area contributed by atoms with Crippen LogP contribution in [0, 0.1) is 0 Å². The van der Waals surface area contributed by atoms with E-state index in [0.29, 0.717) is 15.7 Å². The van der Waals surface area contributed by atoms with Crippen LogP contribution >= 0.6 is 23.2 Å². The molecule has 0 atom stereocenters. The number of benzene rings is 1. The highest BCUT2D eigenvalue weighted by Gasteiger charge is 2.07. The Morgan fingerprint density at radius 3 is 2.14 bits per heavy atom. The quantitative estimate of drug-likeness (QED) is 0.901. The molecular weight excluding hydrogens is 245 g/mol. The van der Waals surface area contributed by atoms with E-state index in [1.54, 1.807) is 6.92 Å². The van der Waals surface area contributed by atoms with E-state index in [0.717, 1.165) is 0 Å². The number of hydrogen-bond acceptors (Lipinski definition) is 2. The normalized spacial score (nSPS) is 11.4. The van der Waals surface area contributed by atoms with Crippen molar-refractivity contribution in [2.75, 3.05) is 10.5 Å². The molecule has 3 nitrogen and oxygen atoms in total. The highest BCUT2D eigenvalue weighted by Crippen LogP contribution is 2.23. The van der Waals surface area contributed by atoms with Gasteiger partial charge in [-0.05, 0) is 25.1 Å². The van der Waals surface area contributed by atoms with Crippen molar-refractivity contribution in [2.45, 2.75) is 6.92 Å². The van der Waals surface area contributed by atoms with Crippen LogP contribution in [-0.2, 0) is 10.0 Å². The lowest BCUT2D eigenvalue weighted by atomic mass is 10.3. The highest BCUT2D eigenvalue weighted by atomic mass is 35.5. The number of anilines is 1. The molecule has 78 valence electrons. The molecule has 0 amide bonds. The first-order valence-electron chi connectivity index (χ1n) is 3.89. The van der Waals surface area contributed by atoms with Crippen molar-refractivity contribution >= 4 is 38.9 Å². The molecule has 0 aliphatic carbocycles. The standard InChI is InChI=1S/C8H9Cl2NO2S/c1-2-14(12,13)11-8-4-6(9)3-7(10)5-8/h3-5,11H,2H2,1H3. The molecule has 1 rings (SSSR count). The van der Waals surface area contributed by atoms with Gasteiger partial charge in [-0.15, -0.1) is 0 Å². The second-order valence-electron chi connectivity index (χ2n) is 2.66. The highest BCUT2D eigenvalue weighted by molar-refractivity contribution is 7.92. The first-order valence-corrected chi connectivity index (χ1v) is 6.30. The number of hydrogen-bond donors (Lipinski definition) is 1. The van der Waals surface area contributed by atoms with Crippen LogP contribution in [0.15, 0.2) is 18.2 Å². The number of rotatable bonds is 3. The van der Waals surface area contributed by atoms with Gasteiger partial charge in [0.1, 0.15) is 0 Å². The lowest BCUT2D eigenvalue weighted by Gasteiger charge is -2.06. The van der Waals surface area contributed by atoms with E-state index < -0.39 is 10.0 Å². The molecule has 0 heterocycles. The zero-order valence-corrected chi connectivity index (χ0v) is 9.75. The van der Waals surface area contributed by atoms with Gasteiger partial charge in [0.25, 0.3) is 0 Å². The first kappa shape index (κ1) is 11.6. The molecule has 0 saturated carbocycles. The smallest absolute Gasteiger partial charge is 0.232 e. The summed E-state index contributed by atoms with van der Waals surface area (Å²) >= 11 is 11.4. The van der Waals surface area contributed by atoms with Gasteiger partial charge in [-0.25, -0.2) is 8.42 Å². The van der Waals surface area contributed by atoms with Crippen LogP contribution in [0.1, 0.15) is 6.92 Å². The number of nitrogens with one attached hydrogen (secondary N) is 1. The summed E-state index contributed by atoms with van der Waals surface area (Å²) in [5.41, 5.74) is 0.379. The maximum Gasteiger partial charge on any atom is 0.232 e. The van der Waals surface area contributed by atoms with E-state index in [1.165, 1.54) is 18.2 Å². The zero-order valence-electron chi connectivity index (χ0n) is 7.42. The molecule has 1 N–H and O–H groups in total. The SMILES string of the molecule is CCS(=O)(=O)Nc1cc(Cl)cc(Cl)c1. The third kappa shape index (κ3) is 3.36. The van der Waals surface area contributed by atoms with Crippen molar-refractivity contribution in [3.8, 4) is 0 Å². The maximum absolute atomic E-state index is 11.2. The third-order valence-corrected chi connectivity index (χ3v) is 3.26. The predicted molar refractivity (Wildman–Crippen MR) is 59.5 cm³/mol. The van der Waals surface area contributed by atoms with E-state index >= 15 is 0 Å². The molecule has 0 unspecified atom stereocenters. The van der Waals surface area contributed by atoms with Crippen LogP contribution in [0.3, 0.4) is 0 Å². The van der Waals surface area contributed by atoms with E-state index in [-0.39, 0.29) is 5.75 Å². The average molecular weight is 254 g/mol. The molecule has 0 aliphatic heterocycles. The zero-order chi connectivity index (χ0) is 10.8. The van der Waals surface area contributed by atoms with Gasteiger partial charge in [0.15, 0.2) is 0 Å². The minimum Gasteiger partial charge on any atom is -0.283 e. The summed E-state index contributed by atoms with van der Waals surface area (Å²) in [6.45, 7) is 1.55. The maximum atomic E-state index is 11.2. The van der Waals surface area contributed by atoms with Gasteiger partial charge in [0, 0.05) is 10.0 Å². The fraction of sp³-hybridized carbons (Fsp3) is 0.250. The Kier molecular flexibility index (Phi) is 3.64. The van der Waals surface area contributed by atoms with Crippen LogP contribution < -0.4 is 4.72 Å². The van der Waals surface area contributed by atoms with Gasteiger partial charge in [0.2, 0.25) is 10.0 Å². The van der Waals surface area contributed by atoms with Gasteiger partial charge in [-0.1, -0.05) is 23.2 Å². The van der Waals surface area contributed by atoms with Crippen LogP contribution in [0.4, 0.5) is 5.69 Å². The van der Waals surface area contributed by atoms with E-state index in [4.69, 9.17) is 23.2 Å². The van der Waals surface area contributed by atoms with Crippen LogP contribution in [0.2, 0.25) is 10.0 Å². The molecule has 0 aliphatic rings. The third-order valence-electron chi connectivity index (χ3n) is 1.52. The Labute approximate surface area is 93.1 Å². The Bertz CT molecular complexity index is 411. The van der Waals surface area contributed by atoms with Crippen LogP contribution in [0.5, 0.6) is 0 Å². The fourth-order valence-corrected chi connectivity index (χ4v) is 2.01. The van der Waals surface area contributed by atoms with Gasteiger partial charge in [-0.2, -0.15) is 0 Å². The average Bonchev–Trinajstić information content (AvgIpc) is 2.01. The Hall–Kier alpha value is -0.450. The van der Waals surface area contributed by atoms with Crippen molar-refractivity contribution in [1.82, 2.24) is 0 Å². The lowest BCUT2D eigenvalue weighted by molar-refractivity contribution is 0.602. The van der Waals surface area contributed by atoms with Crippen molar-refractivity contribution in [3.63, 3.8) is 0 Å². The molecular formula is C8H9Cl2NO2S. The number of sulfonamides is 1. The molecule has 0 fully saturated rings. The molecule has 0 bridgehead atoms. The van der Waals surface area contributed by atoms with Gasteiger partial charge in [0.05, 0.1) is 11.4 Å². The summed E-state index contributed by atoms with van der Waals surface area (Å²) in [4.78, 5) is 0. The molecule has 0 saturated heterocycles. The summed E-state index contributed by atoms with van der Waals surface area (Å²) in [5.74, 6) is 0.0110. The Morgan fingerprint density at radius 2 is 1.71 bits per heavy atom. The molecule has 0 radical (unpaired) electrons. The molecule has 14 heavy (non-hydrogen) atoms. The molecule has 6 heteroatoms. The summed E-state index contributed by atoms with van der Waals surface area (Å²) in [6.07, 6.45) is 0. The second kappa shape index (κ2) is 4.38. The van der Waals surface area contributed by atoms with E-state index in [1.807, 2.05) is 0 Å². The van der Waals surface area contributed by atoms with Crippen LogP contribution in [0.25, 0.3) is 0 Å². The molecule has 1 aromatic rings. The van der Waals surface area contributed by atoms with Crippen LogP contribution in [-0.4, -0.2) is 14.2 Å². The van der Waals surface area contributed by atoms with Crippen molar-refractivity contribution in [1.29, 1.82) is 0 Å². The van der Waals surface area contributed by atoms with E-state index in [9.17, 15) is 8.42 Å². The Balaban J connectivity index is 2.98. The summed E-state index contributed by atoms with van der Waals surface area (Å²) < 4.78 is 24.7. The first-order chi connectivity index (χ1) is 6.43. The summed E-state index contributed by atoms with van der Waals surface area (Å²) in [6, 6.07) is 4.54. The van der Waals surface area contributed by atoms with E-state index in [2.05, 4.69) is 4.72 Å².